The van der Waals surface area contributed by atoms with Crippen molar-refractivity contribution in [2.75, 3.05) is 25.9 Å². The van der Waals surface area contributed by atoms with Gasteiger partial charge >= 0.3 is 0 Å². The lowest BCUT2D eigenvalue weighted by Gasteiger charge is -2.35. The minimum absolute atomic E-state index is 0.297. The molecule has 18 heavy (non-hydrogen) atoms. The zero-order chi connectivity index (χ0) is 13.8. The molecule has 2 unspecified atom stereocenters. The Morgan fingerprint density at radius 3 is 2.56 bits per heavy atom. The van der Waals surface area contributed by atoms with Gasteiger partial charge in [-0.15, -0.1) is 0 Å². The minimum Gasteiger partial charge on any atom is -0.317 e. The molecule has 0 aliphatic carbocycles. The van der Waals surface area contributed by atoms with Crippen LogP contribution in [0.4, 0.5) is 0 Å². The summed E-state index contributed by atoms with van der Waals surface area (Å²) in [6.07, 6.45) is 2.86. The predicted octanol–water partition coefficient (Wildman–Crippen LogP) is 1.68. The molecule has 1 heterocycles. The molecule has 0 aromatic carbocycles. The first kappa shape index (κ1) is 15.9. The molecule has 1 aliphatic rings. The first-order valence-electron chi connectivity index (χ1n) is 7.02. The van der Waals surface area contributed by atoms with Crippen LogP contribution in [0.3, 0.4) is 0 Å². The highest BCUT2D eigenvalue weighted by Gasteiger charge is 2.30. The van der Waals surface area contributed by atoms with Crippen LogP contribution >= 0.6 is 0 Å². The quantitative estimate of drug-likeness (QED) is 0.803. The van der Waals surface area contributed by atoms with Crippen molar-refractivity contribution in [3.63, 3.8) is 0 Å². The maximum Gasteiger partial charge on any atom is 0.214 e. The summed E-state index contributed by atoms with van der Waals surface area (Å²) in [5, 5.41) is 3.24. The van der Waals surface area contributed by atoms with Gasteiger partial charge in [-0.05, 0) is 45.1 Å². The lowest BCUT2D eigenvalue weighted by atomic mass is 9.93. The van der Waals surface area contributed by atoms with Crippen molar-refractivity contribution in [1.82, 2.24) is 9.62 Å². The van der Waals surface area contributed by atoms with Crippen LogP contribution in [0.5, 0.6) is 0 Å². The molecule has 1 fully saturated rings. The van der Waals surface area contributed by atoms with E-state index in [2.05, 4.69) is 26.1 Å². The normalized spacial score (nSPS) is 24.4. The first-order chi connectivity index (χ1) is 8.36. The average Bonchev–Trinajstić information content (AvgIpc) is 2.35. The Kier molecular flexibility index (Phi) is 6.08. The highest BCUT2D eigenvalue weighted by molar-refractivity contribution is 7.89. The van der Waals surface area contributed by atoms with Crippen LogP contribution in [0, 0.1) is 11.8 Å². The van der Waals surface area contributed by atoms with Gasteiger partial charge in [-0.25, -0.2) is 12.7 Å². The van der Waals surface area contributed by atoms with Crippen LogP contribution in [0.15, 0.2) is 0 Å². The lowest BCUT2D eigenvalue weighted by Crippen LogP contribution is -2.46. The molecular weight excluding hydrogens is 248 g/mol. The van der Waals surface area contributed by atoms with Crippen LogP contribution in [-0.4, -0.2) is 44.7 Å². The van der Waals surface area contributed by atoms with Crippen LogP contribution in [-0.2, 0) is 10.0 Å². The molecule has 0 amide bonds. The maximum absolute atomic E-state index is 12.3. The highest BCUT2D eigenvalue weighted by Crippen LogP contribution is 2.22. The van der Waals surface area contributed by atoms with Gasteiger partial charge in [0.05, 0.1) is 5.75 Å². The van der Waals surface area contributed by atoms with Crippen molar-refractivity contribution >= 4 is 10.0 Å². The fourth-order valence-corrected chi connectivity index (χ4v) is 4.24. The Morgan fingerprint density at radius 1 is 1.33 bits per heavy atom. The topological polar surface area (TPSA) is 49.4 Å². The third kappa shape index (κ3) is 4.52. The first-order valence-corrected chi connectivity index (χ1v) is 8.63. The molecule has 0 saturated carbocycles. The van der Waals surface area contributed by atoms with E-state index in [1.807, 2.05) is 7.05 Å². The molecule has 1 aliphatic heterocycles. The highest BCUT2D eigenvalue weighted by atomic mass is 32.2. The van der Waals surface area contributed by atoms with E-state index in [4.69, 9.17) is 0 Å². The second kappa shape index (κ2) is 6.87. The Morgan fingerprint density at radius 2 is 2.00 bits per heavy atom. The van der Waals surface area contributed by atoms with Gasteiger partial charge in [0.2, 0.25) is 10.0 Å². The molecule has 0 spiro atoms. The number of hydrogen-bond donors (Lipinski definition) is 1. The Bertz CT molecular complexity index is 341. The van der Waals surface area contributed by atoms with Crippen molar-refractivity contribution in [3.05, 3.63) is 0 Å². The maximum atomic E-state index is 12.3. The van der Waals surface area contributed by atoms with Crippen molar-refractivity contribution in [3.8, 4) is 0 Å². The summed E-state index contributed by atoms with van der Waals surface area (Å²) >= 11 is 0. The molecule has 1 saturated heterocycles. The van der Waals surface area contributed by atoms with Gasteiger partial charge in [-0.2, -0.15) is 0 Å². The third-order valence-corrected chi connectivity index (χ3v) is 5.80. The van der Waals surface area contributed by atoms with Crippen molar-refractivity contribution in [2.45, 2.75) is 46.1 Å². The monoisotopic (exact) mass is 276 g/mol. The molecule has 4 nitrogen and oxygen atoms in total. The largest absolute Gasteiger partial charge is 0.317 e. The fourth-order valence-electron chi connectivity index (χ4n) is 2.38. The number of nitrogens with zero attached hydrogens (tertiary/aromatic N) is 1. The smallest absolute Gasteiger partial charge is 0.214 e. The van der Waals surface area contributed by atoms with E-state index in [1.54, 1.807) is 4.31 Å². The molecule has 1 rings (SSSR count). The molecule has 1 N–H and O–H groups in total. The van der Waals surface area contributed by atoms with E-state index in [0.29, 0.717) is 36.7 Å². The lowest BCUT2D eigenvalue weighted by molar-refractivity contribution is 0.229. The zero-order valence-corrected chi connectivity index (χ0v) is 13.0. The molecule has 2 atom stereocenters. The molecule has 0 radical (unpaired) electrons. The molecule has 0 aromatic rings. The summed E-state index contributed by atoms with van der Waals surface area (Å²) in [6, 6.07) is 0.382. The molecule has 0 bridgehead atoms. The summed E-state index contributed by atoms with van der Waals surface area (Å²) in [5.74, 6) is 1.18. The Balaban J connectivity index is 2.59. The average molecular weight is 276 g/mol. The molecular formula is C13H28N2O2S. The van der Waals surface area contributed by atoms with Gasteiger partial charge in [0.15, 0.2) is 0 Å². The molecule has 0 aromatic heterocycles. The standard InChI is InChI=1S/C13H28N2O2S/c1-11(2)7-9-18(16,17)15-8-5-6-13(10-15)12(3)14-4/h11-14H,5-10H2,1-4H3. The van der Waals surface area contributed by atoms with Crippen LogP contribution in [0.25, 0.3) is 0 Å². The number of piperidine rings is 1. The Labute approximate surface area is 112 Å². The number of nitrogens with one attached hydrogen (secondary N) is 1. The van der Waals surface area contributed by atoms with Crippen molar-refractivity contribution in [1.29, 1.82) is 0 Å². The van der Waals surface area contributed by atoms with E-state index in [9.17, 15) is 8.42 Å². The van der Waals surface area contributed by atoms with Gasteiger partial charge in [0.1, 0.15) is 0 Å². The van der Waals surface area contributed by atoms with Gasteiger partial charge in [0, 0.05) is 19.1 Å². The summed E-state index contributed by atoms with van der Waals surface area (Å²) < 4.78 is 26.2. The van der Waals surface area contributed by atoms with Crippen LogP contribution in [0.1, 0.15) is 40.0 Å². The zero-order valence-electron chi connectivity index (χ0n) is 12.1. The SMILES string of the molecule is CNC(C)C1CCCN(S(=O)(=O)CCC(C)C)C1. The second-order valence-electron chi connectivity index (χ2n) is 5.84. The van der Waals surface area contributed by atoms with Gasteiger partial charge in [-0.1, -0.05) is 13.8 Å². The fraction of sp³-hybridized carbons (Fsp3) is 1.00. The summed E-state index contributed by atoms with van der Waals surface area (Å²) in [7, 11) is -1.11. The number of hydrogen-bond acceptors (Lipinski definition) is 3. The van der Waals surface area contributed by atoms with Crippen LogP contribution in [0.2, 0.25) is 0 Å². The number of rotatable bonds is 6. The predicted molar refractivity (Wildman–Crippen MR) is 76.1 cm³/mol. The summed E-state index contributed by atoms with van der Waals surface area (Å²) in [6.45, 7) is 7.65. The van der Waals surface area contributed by atoms with Crippen molar-refractivity contribution < 1.29 is 8.42 Å². The number of sulfonamides is 1. The Hall–Kier alpha value is -0.130. The van der Waals surface area contributed by atoms with E-state index in [1.165, 1.54) is 0 Å². The summed E-state index contributed by atoms with van der Waals surface area (Å²) in [4.78, 5) is 0. The van der Waals surface area contributed by atoms with E-state index >= 15 is 0 Å². The third-order valence-electron chi connectivity index (χ3n) is 3.93. The molecule has 5 heteroatoms. The van der Waals surface area contributed by atoms with Gasteiger partial charge in [0.25, 0.3) is 0 Å². The van der Waals surface area contributed by atoms with E-state index < -0.39 is 10.0 Å². The van der Waals surface area contributed by atoms with Crippen molar-refractivity contribution in [2.24, 2.45) is 11.8 Å². The van der Waals surface area contributed by atoms with Crippen LogP contribution < -0.4 is 5.32 Å². The van der Waals surface area contributed by atoms with Gasteiger partial charge < -0.3 is 5.32 Å². The van der Waals surface area contributed by atoms with E-state index in [-0.39, 0.29) is 0 Å². The summed E-state index contributed by atoms with van der Waals surface area (Å²) in [5.41, 5.74) is 0. The second-order valence-corrected chi connectivity index (χ2v) is 7.92. The minimum atomic E-state index is -3.05. The molecule has 108 valence electrons. The van der Waals surface area contributed by atoms with Gasteiger partial charge in [-0.3, -0.25) is 0 Å². The van der Waals surface area contributed by atoms with E-state index in [0.717, 1.165) is 19.3 Å².